The minimum atomic E-state index is -3.89. The molecule has 0 heterocycles. The zero-order valence-electron chi connectivity index (χ0n) is 4.80. The second-order valence-corrected chi connectivity index (χ2v) is 1.59. The number of hydrogen-bond acceptors (Lipinski definition) is 1. The number of rotatable bonds is 3. The van der Waals surface area contributed by atoms with Crippen molar-refractivity contribution >= 4 is 0 Å². The SMILES string of the molecule is CNCC(F)(F)C(F)F. The molecule has 9 heavy (non-hydrogen) atoms. The summed E-state index contributed by atoms with van der Waals surface area (Å²) in [5, 5.41) is 1.96. The Balaban J connectivity index is 3.70. The quantitative estimate of drug-likeness (QED) is 0.586. The Morgan fingerprint density at radius 2 is 1.89 bits per heavy atom. The molecule has 1 nitrogen and oxygen atoms in total. The summed E-state index contributed by atoms with van der Waals surface area (Å²) < 4.78 is 45.9. The van der Waals surface area contributed by atoms with E-state index in [1.54, 1.807) is 0 Å². The lowest BCUT2D eigenvalue weighted by Crippen LogP contribution is -2.37. The molecule has 5 heteroatoms. The van der Waals surface area contributed by atoms with Crippen LogP contribution in [-0.4, -0.2) is 25.9 Å². The van der Waals surface area contributed by atoms with Crippen LogP contribution in [-0.2, 0) is 0 Å². The van der Waals surface area contributed by atoms with Gasteiger partial charge in [0.05, 0.1) is 6.54 Å². The maximum absolute atomic E-state index is 11.7. The zero-order valence-corrected chi connectivity index (χ0v) is 4.80. The van der Waals surface area contributed by atoms with Crippen molar-refractivity contribution in [3.8, 4) is 0 Å². The fourth-order valence-electron chi connectivity index (χ4n) is 0.313. The predicted octanol–water partition coefficient (Wildman–Crippen LogP) is 1.11. The molecule has 0 aromatic heterocycles. The Bertz CT molecular complexity index is 82.6. The highest BCUT2D eigenvalue weighted by atomic mass is 19.3. The average Bonchev–Trinajstić information content (AvgIpc) is 1.65. The highest BCUT2D eigenvalue weighted by molar-refractivity contribution is 4.70. The summed E-state index contributed by atoms with van der Waals surface area (Å²) in [6.07, 6.45) is -3.58. The van der Waals surface area contributed by atoms with Crippen LogP contribution in [0.2, 0.25) is 0 Å². The Labute approximate surface area is 50.0 Å². The predicted molar refractivity (Wildman–Crippen MR) is 24.9 cm³/mol. The van der Waals surface area contributed by atoms with Gasteiger partial charge in [0, 0.05) is 0 Å². The van der Waals surface area contributed by atoms with E-state index in [-0.39, 0.29) is 0 Å². The third-order valence-corrected chi connectivity index (χ3v) is 0.732. The minimum absolute atomic E-state index is 0.981. The van der Waals surface area contributed by atoms with Gasteiger partial charge in [-0.1, -0.05) is 0 Å². The van der Waals surface area contributed by atoms with Crippen molar-refractivity contribution in [2.24, 2.45) is 0 Å². The number of nitrogens with one attached hydrogen (secondary N) is 1. The van der Waals surface area contributed by atoms with Crippen LogP contribution in [0.3, 0.4) is 0 Å². The molecule has 0 amide bonds. The lowest BCUT2D eigenvalue weighted by Gasteiger charge is -2.13. The highest BCUT2D eigenvalue weighted by Gasteiger charge is 2.39. The summed E-state index contributed by atoms with van der Waals surface area (Å²) in [5.74, 6) is -3.89. The maximum Gasteiger partial charge on any atom is 0.319 e. The van der Waals surface area contributed by atoms with Gasteiger partial charge < -0.3 is 5.32 Å². The van der Waals surface area contributed by atoms with Crippen molar-refractivity contribution in [2.45, 2.75) is 12.3 Å². The first kappa shape index (κ1) is 8.68. The molecule has 0 spiro atoms. The molecular weight excluding hydrogens is 138 g/mol. The van der Waals surface area contributed by atoms with Gasteiger partial charge in [0.15, 0.2) is 0 Å². The van der Waals surface area contributed by atoms with E-state index in [1.165, 1.54) is 7.05 Å². The first-order chi connectivity index (χ1) is 4.00. The van der Waals surface area contributed by atoms with Gasteiger partial charge in [0.25, 0.3) is 0 Å². The smallest absolute Gasteiger partial charge is 0.314 e. The third kappa shape index (κ3) is 2.64. The minimum Gasteiger partial charge on any atom is -0.314 e. The standard InChI is InChI=1S/C4H7F4N/c1-9-2-4(7,8)3(5)6/h3,9H,2H2,1H3. The molecule has 0 fully saturated rings. The van der Waals surface area contributed by atoms with Crippen LogP contribution in [0.4, 0.5) is 17.6 Å². The van der Waals surface area contributed by atoms with Gasteiger partial charge in [0.2, 0.25) is 0 Å². The lowest BCUT2D eigenvalue weighted by atomic mass is 10.3. The van der Waals surface area contributed by atoms with Crippen molar-refractivity contribution in [3.05, 3.63) is 0 Å². The molecule has 0 saturated heterocycles. The molecule has 0 aromatic rings. The molecule has 0 aliphatic carbocycles. The highest BCUT2D eigenvalue weighted by Crippen LogP contribution is 2.20. The molecule has 0 atom stereocenters. The van der Waals surface area contributed by atoms with Crippen LogP contribution >= 0.6 is 0 Å². The molecule has 0 aliphatic heterocycles. The topological polar surface area (TPSA) is 12.0 Å². The van der Waals surface area contributed by atoms with Gasteiger partial charge >= 0.3 is 12.3 Å². The average molecular weight is 145 g/mol. The molecule has 0 rings (SSSR count). The molecule has 0 unspecified atom stereocenters. The molecule has 56 valence electrons. The van der Waals surface area contributed by atoms with E-state index in [1.807, 2.05) is 5.32 Å². The van der Waals surface area contributed by atoms with Crippen LogP contribution < -0.4 is 5.32 Å². The van der Waals surface area contributed by atoms with Crippen LogP contribution in [0, 0.1) is 0 Å². The van der Waals surface area contributed by atoms with Gasteiger partial charge in [-0.3, -0.25) is 0 Å². The van der Waals surface area contributed by atoms with Gasteiger partial charge in [-0.2, -0.15) is 8.78 Å². The van der Waals surface area contributed by atoms with Crippen LogP contribution in [0.1, 0.15) is 0 Å². The Kier molecular flexibility index (Phi) is 2.90. The Morgan fingerprint density at radius 1 is 1.44 bits per heavy atom. The van der Waals surface area contributed by atoms with E-state index in [0.29, 0.717) is 0 Å². The second-order valence-electron chi connectivity index (χ2n) is 1.59. The van der Waals surface area contributed by atoms with Crippen LogP contribution in [0.5, 0.6) is 0 Å². The van der Waals surface area contributed by atoms with Gasteiger partial charge in [-0.05, 0) is 7.05 Å². The van der Waals surface area contributed by atoms with Crippen molar-refractivity contribution in [1.82, 2.24) is 5.32 Å². The molecule has 0 radical (unpaired) electrons. The summed E-state index contributed by atoms with van der Waals surface area (Å²) in [6.45, 7) is -0.981. The molecular formula is C4H7F4N. The largest absolute Gasteiger partial charge is 0.319 e. The lowest BCUT2D eigenvalue weighted by molar-refractivity contribution is -0.124. The maximum atomic E-state index is 11.7. The van der Waals surface area contributed by atoms with E-state index in [2.05, 4.69) is 0 Å². The van der Waals surface area contributed by atoms with Crippen molar-refractivity contribution in [3.63, 3.8) is 0 Å². The Hall–Kier alpha value is -0.320. The molecule has 0 aliphatic rings. The zero-order chi connectivity index (χ0) is 7.49. The van der Waals surface area contributed by atoms with Crippen molar-refractivity contribution in [2.75, 3.05) is 13.6 Å². The van der Waals surface area contributed by atoms with E-state index in [9.17, 15) is 17.6 Å². The normalized spacial score (nSPS) is 12.7. The van der Waals surface area contributed by atoms with Gasteiger partial charge in [0.1, 0.15) is 0 Å². The molecule has 0 bridgehead atoms. The third-order valence-electron chi connectivity index (χ3n) is 0.732. The fourth-order valence-corrected chi connectivity index (χ4v) is 0.313. The summed E-state index contributed by atoms with van der Waals surface area (Å²) >= 11 is 0. The monoisotopic (exact) mass is 145 g/mol. The fraction of sp³-hybridized carbons (Fsp3) is 1.00. The van der Waals surface area contributed by atoms with E-state index < -0.39 is 18.9 Å². The van der Waals surface area contributed by atoms with Crippen LogP contribution in [0.15, 0.2) is 0 Å². The van der Waals surface area contributed by atoms with Crippen LogP contribution in [0.25, 0.3) is 0 Å². The first-order valence-corrected chi connectivity index (χ1v) is 2.31. The second kappa shape index (κ2) is 3.00. The summed E-state index contributed by atoms with van der Waals surface area (Å²) in [6, 6.07) is 0. The van der Waals surface area contributed by atoms with Gasteiger partial charge in [-0.25, -0.2) is 8.78 Å². The van der Waals surface area contributed by atoms with E-state index in [0.717, 1.165) is 0 Å². The number of hydrogen-bond donors (Lipinski definition) is 1. The molecule has 1 N–H and O–H groups in total. The number of halogens is 4. The summed E-state index contributed by atoms with van der Waals surface area (Å²) in [7, 11) is 1.19. The van der Waals surface area contributed by atoms with Gasteiger partial charge in [-0.15, -0.1) is 0 Å². The molecule has 0 aromatic carbocycles. The number of alkyl halides is 4. The van der Waals surface area contributed by atoms with E-state index in [4.69, 9.17) is 0 Å². The summed E-state index contributed by atoms with van der Waals surface area (Å²) in [5.41, 5.74) is 0. The van der Waals surface area contributed by atoms with Crippen molar-refractivity contribution < 1.29 is 17.6 Å². The summed E-state index contributed by atoms with van der Waals surface area (Å²) in [4.78, 5) is 0. The molecule has 0 saturated carbocycles. The first-order valence-electron chi connectivity index (χ1n) is 2.31. The van der Waals surface area contributed by atoms with E-state index >= 15 is 0 Å². The van der Waals surface area contributed by atoms with Crippen molar-refractivity contribution in [1.29, 1.82) is 0 Å². The Morgan fingerprint density at radius 3 is 2.00 bits per heavy atom.